The molecule has 0 aliphatic carbocycles. The second kappa shape index (κ2) is 3.18. The molecule has 0 radical (unpaired) electrons. The first-order valence-corrected chi connectivity index (χ1v) is 3.29. The Morgan fingerprint density at radius 1 is 1.50 bits per heavy atom. The van der Waals surface area contributed by atoms with Crippen LogP contribution in [-0.2, 0) is 0 Å². The van der Waals surface area contributed by atoms with Gasteiger partial charge in [-0.25, -0.2) is 13.8 Å². The maximum Gasteiger partial charge on any atom is 0.267 e. The number of hydrogen-bond donors (Lipinski definition) is 1. The van der Waals surface area contributed by atoms with Gasteiger partial charge >= 0.3 is 0 Å². The fourth-order valence-corrected chi connectivity index (χ4v) is 0.952. The van der Waals surface area contributed by atoms with Gasteiger partial charge in [-0.05, 0) is 0 Å². The molecular weight excluding hydrogens is 193 g/mol. The van der Waals surface area contributed by atoms with E-state index in [4.69, 9.17) is 17.3 Å². The summed E-state index contributed by atoms with van der Waals surface area (Å²) in [6, 6.07) is 0. The smallest absolute Gasteiger partial charge is 0.267 e. The van der Waals surface area contributed by atoms with Gasteiger partial charge in [-0.2, -0.15) is 4.39 Å². The Morgan fingerprint density at radius 2 is 2.08 bits per heavy atom. The third-order valence-corrected chi connectivity index (χ3v) is 1.62. The third-order valence-electron chi connectivity index (χ3n) is 1.26. The predicted octanol–water partition coefficient (Wildman–Crippen LogP) is 2.39. The van der Waals surface area contributed by atoms with E-state index in [1.54, 1.807) is 0 Å². The molecule has 0 aromatic carbocycles. The molecule has 1 aromatic heterocycles. The van der Waals surface area contributed by atoms with Crippen LogP contribution in [0.1, 0.15) is 12.0 Å². The van der Waals surface area contributed by atoms with E-state index in [0.717, 1.165) is 6.20 Å². The number of hydrogen-bond acceptors (Lipinski definition) is 2. The third kappa shape index (κ3) is 1.45. The SMILES string of the molecule is Nc1cnc(F)c(Cl)c1C(F)F. The molecule has 1 rings (SSSR count). The zero-order valence-electron chi connectivity index (χ0n) is 5.69. The van der Waals surface area contributed by atoms with Crippen LogP contribution in [0.5, 0.6) is 0 Å². The van der Waals surface area contributed by atoms with Gasteiger partial charge in [0, 0.05) is 0 Å². The molecule has 0 atom stereocenters. The van der Waals surface area contributed by atoms with Gasteiger partial charge in [0.1, 0.15) is 5.02 Å². The quantitative estimate of drug-likeness (QED) is 0.701. The molecule has 0 aliphatic rings. The van der Waals surface area contributed by atoms with Gasteiger partial charge < -0.3 is 5.73 Å². The highest BCUT2D eigenvalue weighted by Gasteiger charge is 2.19. The van der Waals surface area contributed by atoms with Crippen molar-refractivity contribution in [2.24, 2.45) is 0 Å². The number of pyridine rings is 1. The lowest BCUT2D eigenvalue weighted by molar-refractivity contribution is 0.151. The van der Waals surface area contributed by atoms with Crippen molar-refractivity contribution >= 4 is 17.3 Å². The largest absolute Gasteiger partial charge is 0.397 e. The van der Waals surface area contributed by atoms with Gasteiger partial charge in [0.25, 0.3) is 6.43 Å². The Hall–Kier alpha value is -0.970. The van der Waals surface area contributed by atoms with Crippen molar-refractivity contribution in [1.29, 1.82) is 0 Å². The van der Waals surface area contributed by atoms with Crippen LogP contribution in [0.15, 0.2) is 6.20 Å². The van der Waals surface area contributed by atoms with Crippen LogP contribution in [0.4, 0.5) is 18.9 Å². The molecule has 0 saturated heterocycles. The van der Waals surface area contributed by atoms with Gasteiger partial charge in [-0.3, -0.25) is 0 Å². The fourth-order valence-electron chi connectivity index (χ4n) is 0.712. The summed E-state index contributed by atoms with van der Waals surface area (Å²) in [6.45, 7) is 0. The van der Waals surface area contributed by atoms with Crippen LogP contribution < -0.4 is 5.73 Å². The first kappa shape index (κ1) is 9.12. The standard InChI is InChI=1S/C6H4ClF3N2/c7-4-3(5(8)9)2(11)1-12-6(4)10/h1,5H,11H2. The minimum absolute atomic E-state index is 0.309. The highest BCUT2D eigenvalue weighted by molar-refractivity contribution is 6.31. The molecule has 0 spiro atoms. The van der Waals surface area contributed by atoms with Crippen molar-refractivity contribution in [2.75, 3.05) is 5.73 Å². The average Bonchev–Trinajstić information content (AvgIpc) is 1.97. The lowest BCUT2D eigenvalue weighted by Crippen LogP contribution is -1.99. The highest BCUT2D eigenvalue weighted by Crippen LogP contribution is 2.32. The Morgan fingerprint density at radius 3 is 2.50 bits per heavy atom. The number of halogens is 4. The maximum atomic E-state index is 12.5. The summed E-state index contributed by atoms with van der Waals surface area (Å²) in [7, 11) is 0. The van der Waals surface area contributed by atoms with Gasteiger partial charge in [0.15, 0.2) is 0 Å². The van der Waals surface area contributed by atoms with Crippen molar-refractivity contribution in [2.45, 2.75) is 6.43 Å². The first-order chi connectivity index (χ1) is 5.54. The lowest BCUT2D eigenvalue weighted by atomic mass is 10.2. The van der Waals surface area contributed by atoms with Crippen LogP contribution in [0.25, 0.3) is 0 Å². The van der Waals surface area contributed by atoms with E-state index in [1.165, 1.54) is 0 Å². The number of anilines is 1. The van der Waals surface area contributed by atoms with Crippen molar-refractivity contribution in [1.82, 2.24) is 4.98 Å². The molecule has 1 heterocycles. The summed E-state index contributed by atoms with van der Waals surface area (Å²) in [5.41, 5.74) is 4.08. The predicted molar refractivity (Wildman–Crippen MR) is 38.6 cm³/mol. The summed E-state index contributed by atoms with van der Waals surface area (Å²) in [6.07, 6.45) is -2.09. The van der Waals surface area contributed by atoms with Crippen LogP contribution >= 0.6 is 11.6 Å². The van der Waals surface area contributed by atoms with Crippen molar-refractivity contribution < 1.29 is 13.2 Å². The summed E-state index contributed by atoms with van der Waals surface area (Å²) in [5.74, 6) is -1.14. The zero-order chi connectivity index (χ0) is 9.30. The number of alkyl halides is 2. The van der Waals surface area contributed by atoms with Crippen LogP contribution in [0.3, 0.4) is 0 Å². The molecule has 6 heteroatoms. The Labute approximate surface area is 71.2 Å². The summed E-state index contributed by atoms with van der Waals surface area (Å²) >= 11 is 5.20. The normalized spacial score (nSPS) is 10.8. The molecule has 0 aliphatic heterocycles. The first-order valence-electron chi connectivity index (χ1n) is 2.91. The van der Waals surface area contributed by atoms with Crippen molar-refractivity contribution in [3.63, 3.8) is 0 Å². The van der Waals surface area contributed by atoms with Crippen molar-refractivity contribution in [3.8, 4) is 0 Å². The molecule has 0 unspecified atom stereocenters. The number of nitrogen functional groups attached to an aromatic ring is 1. The van der Waals surface area contributed by atoms with Gasteiger partial charge in [-0.1, -0.05) is 11.6 Å². The molecule has 2 N–H and O–H groups in total. The van der Waals surface area contributed by atoms with Gasteiger partial charge in [0.2, 0.25) is 5.95 Å². The molecule has 0 saturated carbocycles. The molecule has 2 nitrogen and oxygen atoms in total. The average molecular weight is 197 g/mol. The van der Waals surface area contributed by atoms with E-state index in [1.807, 2.05) is 0 Å². The molecule has 66 valence electrons. The maximum absolute atomic E-state index is 12.5. The summed E-state index contributed by atoms with van der Waals surface area (Å²) < 4.78 is 36.7. The summed E-state index contributed by atoms with van der Waals surface area (Å²) in [5, 5.41) is -0.718. The van der Waals surface area contributed by atoms with Crippen molar-refractivity contribution in [3.05, 3.63) is 22.7 Å². The molecule has 12 heavy (non-hydrogen) atoms. The second-order valence-corrected chi connectivity index (χ2v) is 2.41. The minimum Gasteiger partial charge on any atom is -0.397 e. The minimum atomic E-state index is -2.89. The van der Waals surface area contributed by atoms with Crippen LogP contribution in [0.2, 0.25) is 5.02 Å². The highest BCUT2D eigenvalue weighted by atomic mass is 35.5. The zero-order valence-corrected chi connectivity index (χ0v) is 6.45. The Bertz CT molecular complexity index is 303. The second-order valence-electron chi connectivity index (χ2n) is 2.03. The van der Waals surface area contributed by atoms with E-state index in [0.29, 0.717) is 0 Å². The Kier molecular flexibility index (Phi) is 2.42. The summed E-state index contributed by atoms with van der Waals surface area (Å²) in [4.78, 5) is 3.06. The van der Waals surface area contributed by atoms with E-state index in [2.05, 4.69) is 4.98 Å². The van der Waals surface area contributed by atoms with Gasteiger partial charge in [0.05, 0.1) is 17.4 Å². The molecule has 0 bridgehead atoms. The Balaban J connectivity index is 3.33. The van der Waals surface area contributed by atoms with Gasteiger partial charge in [-0.15, -0.1) is 0 Å². The lowest BCUT2D eigenvalue weighted by Gasteiger charge is -2.05. The molecule has 1 aromatic rings. The molecule has 0 amide bonds. The monoisotopic (exact) mass is 196 g/mol. The van der Waals surface area contributed by atoms with E-state index in [-0.39, 0.29) is 5.69 Å². The van der Waals surface area contributed by atoms with Crippen LogP contribution in [-0.4, -0.2) is 4.98 Å². The fraction of sp³-hybridized carbons (Fsp3) is 0.167. The van der Waals surface area contributed by atoms with E-state index < -0.39 is 23.0 Å². The van der Waals surface area contributed by atoms with E-state index >= 15 is 0 Å². The molecular formula is C6H4ClF3N2. The van der Waals surface area contributed by atoms with E-state index in [9.17, 15) is 13.2 Å². The van der Waals surface area contributed by atoms with Crippen LogP contribution in [0, 0.1) is 5.95 Å². The number of nitrogens with two attached hydrogens (primary N) is 1. The number of aromatic nitrogens is 1. The molecule has 0 fully saturated rings. The topological polar surface area (TPSA) is 38.9 Å². The number of rotatable bonds is 1. The number of nitrogens with zero attached hydrogens (tertiary/aromatic N) is 1.